The van der Waals surface area contributed by atoms with Crippen LogP contribution < -0.4 is 16.6 Å². The number of anilines is 1. The van der Waals surface area contributed by atoms with Crippen LogP contribution in [-0.4, -0.2) is 36.0 Å². The number of aromatic hydroxyl groups is 1. The molecule has 0 radical (unpaired) electrons. The Morgan fingerprint density at radius 3 is 2.74 bits per heavy atom. The molecule has 3 heterocycles. The van der Waals surface area contributed by atoms with Gasteiger partial charge in [-0.15, -0.1) is 0 Å². The summed E-state index contributed by atoms with van der Waals surface area (Å²) in [7, 11) is 1.58. The van der Waals surface area contributed by atoms with Gasteiger partial charge in [0.1, 0.15) is 23.8 Å². The molecule has 2 amide bonds. The molecule has 12 heteroatoms. The Balaban J connectivity index is 1.87. The molecule has 0 fully saturated rings. The van der Waals surface area contributed by atoms with Gasteiger partial charge in [0, 0.05) is 31.2 Å². The lowest BCUT2D eigenvalue weighted by Crippen LogP contribution is -2.22. The van der Waals surface area contributed by atoms with E-state index in [1.54, 1.807) is 38.6 Å². The molecule has 0 bridgehead atoms. The zero-order chi connectivity index (χ0) is 24.7. The van der Waals surface area contributed by atoms with Gasteiger partial charge in [-0.2, -0.15) is 0 Å². The van der Waals surface area contributed by atoms with Crippen molar-refractivity contribution >= 4 is 56.1 Å². The van der Waals surface area contributed by atoms with Gasteiger partial charge in [-0.1, -0.05) is 11.6 Å². The van der Waals surface area contributed by atoms with Gasteiger partial charge in [-0.25, -0.2) is 4.98 Å². The molecule has 4 N–H and O–H groups in total. The molecule has 0 atom stereocenters. The average Bonchev–Trinajstić information content (AvgIpc) is 3.13. The smallest absolute Gasteiger partial charge is 0.263 e. The first-order valence-electron chi connectivity index (χ1n) is 9.87. The van der Waals surface area contributed by atoms with E-state index in [1.165, 1.54) is 21.3 Å². The predicted molar refractivity (Wildman–Crippen MR) is 131 cm³/mol. The van der Waals surface area contributed by atoms with E-state index in [9.17, 15) is 19.5 Å². The quantitative estimate of drug-likeness (QED) is 0.352. The molecular weight excluding hydrogens is 528 g/mol. The van der Waals surface area contributed by atoms with Crippen molar-refractivity contribution < 1.29 is 14.7 Å². The Hall–Kier alpha value is -3.70. The number of hydrogen-bond acceptors (Lipinski definition) is 6. The molecule has 0 aliphatic heterocycles. The third-order valence-electron chi connectivity index (χ3n) is 5.32. The van der Waals surface area contributed by atoms with Crippen LogP contribution in [0.4, 0.5) is 5.69 Å². The minimum atomic E-state index is -0.880. The second kappa shape index (κ2) is 8.92. The standard InChI is InChI=1S/C22H18BrClN6O4/c1-10-27-21-18(22(34)29(10)2)13(11-5-12(20(25)33)19(32)15(24)6-11)8-30(21)9-17(31)28-16-3-4-26-7-14(16)23/h3-8,32H,9H2,1-2H3,(H2,25,33)(H,26,28,31). The summed E-state index contributed by atoms with van der Waals surface area (Å²) in [5.41, 5.74) is 6.39. The van der Waals surface area contributed by atoms with Crippen LogP contribution in [0.2, 0.25) is 5.02 Å². The molecule has 4 aromatic rings. The SMILES string of the molecule is Cc1nc2c(c(-c3cc(Cl)c(O)c(C(N)=O)c3)cn2CC(=O)Nc2ccncc2Br)c(=O)n1C. The first kappa shape index (κ1) is 23.5. The number of fused-ring (bicyclic) bond motifs is 1. The number of aryl methyl sites for hydroxylation is 1. The van der Waals surface area contributed by atoms with Gasteiger partial charge in [0.05, 0.1) is 26.1 Å². The highest BCUT2D eigenvalue weighted by Crippen LogP contribution is 2.36. The Morgan fingerprint density at radius 1 is 1.32 bits per heavy atom. The van der Waals surface area contributed by atoms with Crippen LogP contribution in [0.5, 0.6) is 5.75 Å². The van der Waals surface area contributed by atoms with E-state index in [1.807, 2.05) is 0 Å². The van der Waals surface area contributed by atoms with Crippen LogP contribution in [0.1, 0.15) is 16.2 Å². The largest absolute Gasteiger partial charge is 0.506 e. The molecular formula is C22H18BrClN6O4. The molecule has 0 aliphatic carbocycles. The zero-order valence-electron chi connectivity index (χ0n) is 18.0. The first-order valence-corrected chi connectivity index (χ1v) is 11.0. The number of amides is 2. The van der Waals surface area contributed by atoms with E-state index in [2.05, 4.69) is 31.2 Å². The van der Waals surface area contributed by atoms with Gasteiger partial charge in [-0.05, 0) is 46.6 Å². The van der Waals surface area contributed by atoms with E-state index >= 15 is 0 Å². The van der Waals surface area contributed by atoms with Gasteiger partial charge < -0.3 is 20.7 Å². The number of aromatic nitrogens is 4. The Kier molecular flexibility index (Phi) is 6.15. The number of halogens is 2. The molecule has 0 saturated heterocycles. The van der Waals surface area contributed by atoms with Crippen molar-refractivity contribution in [2.75, 3.05) is 5.32 Å². The van der Waals surface area contributed by atoms with Crippen LogP contribution in [0.15, 0.2) is 46.1 Å². The van der Waals surface area contributed by atoms with Crippen LogP contribution in [0, 0.1) is 6.92 Å². The summed E-state index contributed by atoms with van der Waals surface area (Å²) < 4.78 is 3.53. The van der Waals surface area contributed by atoms with Crippen molar-refractivity contribution in [3.63, 3.8) is 0 Å². The number of carbonyl (C=O) groups is 2. The molecule has 0 saturated carbocycles. The van der Waals surface area contributed by atoms with Gasteiger partial charge in [0.15, 0.2) is 0 Å². The Labute approximate surface area is 206 Å². The molecule has 174 valence electrons. The second-order valence-electron chi connectivity index (χ2n) is 7.51. The highest BCUT2D eigenvalue weighted by molar-refractivity contribution is 9.10. The summed E-state index contributed by atoms with van der Waals surface area (Å²) in [6.07, 6.45) is 4.68. The lowest BCUT2D eigenvalue weighted by Gasteiger charge is -2.09. The maximum absolute atomic E-state index is 13.2. The van der Waals surface area contributed by atoms with Gasteiger partial charge >= 0.3 is 0 Å². The normalized spacial score (nSPS) is 11.1. The lowest BCUT2D eigenvalue weighted by atomic mass is 10.0. The van der Waals surface area contributed by atoms with E-state index in [0.717, 1.165) is 0 Å². The number of primary amides is 1. The average molecular weight is 546 g/mol. The third-order valence-corrected chi connectivity index (χ3v) is 6.24. The van der Waals surface area contributed by atoms with Crippen molar-refractivity contribution in [3.05, 3.63) is 68.0 Å². The summed E-state index contributed by atoms with van der Waals surface area (Å²) in [5.74, 6) is -1.25. The van der Waals surface area contributed by atoms with Crippen molar-refractivity contribution in [1.29, 1.82) is 0 Å². The molecule has 3 aromatic heterocycles. The number of nitrogens with two attached hydrogens (primary N) is 1. The summed E-state index contributed by atoms with van der Waals surface area (Å²) in [5, 5.41) is 13.0. The highest BCUT2D eigenvalue weighted by Gasteiger charge is 2.22. The van der Waals surface area contributed by atoms with Crippen molar-refractivity contribution in [1.82, 2.24) is 19.1 Å². The number of rotatable bonds is 5. The van der Waals surface area contributed by atoms with E-state index in [4.69, 9.17) is 17.3 Å². The zero-order valence-corrected chi connectivity index (χ0v) is 20.3. The summed E-state index contributed by atoms with van der Waals surface area (Å²) in [6.45, 7) is 1.52. The second-order valence-corrected chi connectivity index (χ2v) is 8.78. The predicted octanol–water partition coefficient (Wildman–Crippen LogP) is 2.96. The summed E-state index contributed by atoms with van der Waals surface area (Å²) in [4.78, 5) is 46.2. The molecule has 1 aromatic carbocycles. The van der Waals surface area contributed by atoms with E-state index in [-0.39, 0.29) is 39.6 Å². The van der Waals surface area contributed by atoms with E-state index < -0.39 is 11.7 Å². The van der Waals surface area contributed by atoms with Crippen LogP contribution in [0.3, 0.4) is 0 Å². The fourth-order valence-corrected chi connectivity index (χ4v) is 4.09. The summed E-state index contributed by atoms with van der Waals surface area (Å²) >= 11 is 9.45. The third kappa shape index (κ3) is 4.15. The minimum absolute atomic E-state index is 0.107. The summed E-state index contributed by atoms with van der Waals surface area (Å²) in [6, 6.07) is 4.40. The number of nitrogens with zero attached hydrogens (tertiary/aromatic N) is 4. The maximum Gasteiger partial charge on any atom is 0.263 e. The number of carbonyl (C=O) groups excluding carboxylic acids is 2. The van der Waals surface area contributed by atoms with Crippen molar-refractivity contribution in [2.24, 2.45) is 12.8 Å². The molecule has 10 nitrogen and oxygen atoms in total. The Bertz CT molecular complexity index is 1540. The van der Waals surface area contributed by atoms with Crippen LogP contribution in [0.25, 0.3) is 22.2 Å². The molecule has 0 unspecified atom stereocenters. The fraction of sp³-hybridized carbons (Fsp3) is 0.136. The number of phenols is 1. The molecule has 0 spiro atoms. The fourth-order valence-electron chi connectivity index (χ4n) is 3.52. The first-order chi connectivity index (χ1) is 16.1. The number of benzene rings is 1. The Morgan fingerprint density at radius 2 is 2.06 bits per heavy atom. The molecule has 4 rings (SSSR count). The van der Waals surface area contributed by atoms with Crippen LogP contribution >= 0.6 is 27.5 Å². The number of nitrogens with one attached hydrogen (secondary N) is 1. The highest BCUT2D eigenvalue weighted by atomic mass is 79.9. The van der Waals surface area contributed by atoms with Crippen molar-refractivity contribution in [2.45, 2.75) is 13.5 Å². The topological polar surface area (TPSA) is 145 Å². The maximum atomic E-state index is 13.2. The number of pyridine rings is 1. The van der Waals surface area contributed by atoms with Gasteiger partial charge in [-0.3, -0.25) is 23.9 Å². The van der Waals surface area contributed by atoms with Gasteiger partial charge in [0.2, 0.25) is 5.91 Å². The van der Waals surface area contributed by atoms with Crippen LogP contribution in [-0.2, 0) is 18.4 Å². The van der Waals surface area contributed by atoms with Gasteiger partial charge in [0.25, 0.3) is 11.5 Å². The molecule has 0 aliphatic rings. The van der Waals surface area contributed by atoms with E-state index in [0.29, 0.717) is 27.1 Å². The monoisotopic (exact) mass is 544 g/mol. The number of hydrogen-bond donors (Lipinski definition) is 3. The minimum Gasteiger partial charge on any atom is -0.506 e. The lowest BCUT2D eigenvalue weighted by molar-refractivity contribution is -0.116. The molecule has 34 heavy (non-hydrogen) atoms. The van der Waals surface area contributed by atoms with Crippen molar-refractivity contribution in [3.8, 4) is 16.9 Å².